The van der Waals surface area contributed by atoms with Gasteiger partial charge in [0.05, 0.1) is 11.9 Å². The normalized spacial score (nSPS) is 23.3. The first-order valence-corrected chi connectivity index (χ1v) is 6.70. The summed E-state index contributed by atoms with van der Waals surface area (Å²) >= 11 is 0. The second-order valence-electron chi connectivity index (χ2n) is 5.44. The van der Waals surface area contributed by atoms with Crippen molar-refractivity contribution < 1.29 is 9.59 Å². The van der Waals surface area contributed by atoms with Gasteiger partial charge in [-0.05, 0) is 24.5 Å². The minimum absolute atomic E-state index is 0.290. The van der Waals surface area contributed by atoms with Gasteiger partial charge in [0.2, 0.25) is 0 Å². The van der Waals surface area contributed by atoms with Crippen molar-refractivity contribution in [3.8, 4) is 11.3 Å². The average Bonchev–Trinajstić information content (AvgIpc) is 3.11. The van der Waals surface area contributed by atoms with Crippen LogP contribution in [0.5, 0.6) is 0 Å². The van der Waals surface area contributed by atoms with Crippen LogP contribution in [0.4, 0.5) is 4.79 Å². The molecule has 0 radical (unpaired) electrons. The third-order valence-corrected chi connectivity index (χ3v) is 4.16. The summed E-state index contributed by atoms with van der Waals surface area (Å²) in [5, 5.41) is 9.19. The van der Waals surface area contributed by atoms with E-state index >= 15 is 0 Å². The largest absolute Gasteiger partial charge is 0.322 e. The van der Waals surface area contributed by atoms with E-state index in [1.54, 1.807) is 17.1 Å². The molecule has 106 valence electrons. The van der Waals surface area contributed by atoms with Crippen LogP contribution < -0.4 is 10.6 Å². The Morgan fingerprint density at radius 1 is 1.33 bits per heavy atom. The van der Waals surface area contributed by atoms with Crippen LogP contribution in [0.3, 0.4) is 0 Å². The number of aromatic nitrogens is 3. The van der Waals surface area contributed by atoms with Gasteiger partial charge >= 0.3 is 6.03 Å². The number of carbonyl (C=O) groups excluding carboxylic acids is 2. The van der Waals surface area contributed by atoms with Crippen molar-refractivity contribution in [2.45, 2.75) is 18.4 Å². The van der Waals surface area contributed by atoms with Gasteiger partial charge in [-0.15, -0.1) is 0 Å². The number of nitrogens with one attached hydrogen (secondary N) is 2. The second kappa shape index (κ2) is 3.91. The van der Waals surface area contributed by atoms with Gasteiger partial charge in [0.1, 0.15) is 5.54 Å². The van der Waals surface area contributed by atoms with E-state index in [0.717, 1.165) is 28.8 Å². The van der Waals surface area contributed by atoms with E-state index in [0.29, 0.717) is 6.42 Å². The Morgan fingerprint density at radius 2 is 2.19 bits per heavy atom. The zero-order chi connectivity index (χ0) is 14.6. The molecule has 1 spiro atoms. The van der Waals surface area contributed by atoms with Crippen LogP contribution in [0.2, 0.25) is 0 Å². The van der Waals surface area contributed by atoms with Gasteiger partial charge in [0, 0.05) is 30.6 Å². The summed E-state index contributed by atoms with van der Waals surface area (Å²) in [6.45, 7) is 0. The number of hydrogen-bond acceptors (Lipinski definition) is 4. The molecule has 1 atom stereocenters. The smallest absolute Gasteiger partial charge is 0.319 e. The molecule has 7 nitrogen and oxygen atoms in total. The maximum absolute atomic E-state index is 12.1. The van der Waals surface area contributed by atoms with Crippen LogP contribution in [0.25, 0.3) is 11.3 Å². The van der Waals surface area contributed by atoms with Gasteiger partial charge < -0.3 is 5.32 Å². The number of fused-ring (bicyclic) bond motifs is 2. The maximum Gasteiger partial charge on any atom is 0.322 e. The van der Waals surface area contributed by atoms with Crippen LogP contribution in [-0.2, 0) is 23.8 Å². The number of hydrogen-bond donors (Lipinski definition) is 2. The SMILES string of the molecule is Cn1cc(-c2cc3c(cn2)C2(CC3)NC(=O)NC2=O)cn1. The molecule has 21 heavy (non-hydrogen) atoms. The van der Waals surface area contributed by atoms with Crippen LogP contribution in [0.15, 0.2) is 24.7 Å². The van der Waals surface area contributed by atoms with Crippen molar-refractivity contribution >= 4 is 11.9 Å². The van der Waals surface area contributed by atoms with E-state index in [2.05, 4.69) is 20.7 Å². The van der Waals surface area contributed by atoms with E-state index in [1.807, 2.05) is 19.3 Å². The summed E-state index contributed by atoms with van der Waals surface area (Å²) < 4.78 is 1.72. The number of carbonyl (C=O) groups is 2. The summed E-state index contributed by atoms with van der Waals surface area (Å²) in [7, 11) is 1.85. The molecule has 1 saturated heterocycles. The topological polar surface area (TPSA) is 88.9 Å². The molecular formula is C14H13N5O2. The summed E-state index contributed by atoms with van der Waals surface area (Å²) in [5.41, 5.74) is 2.65. The molecule has 7 heteroatoms. The minimum Gasteiger partial charge on any atom is -0.319 e. The Balaban J connectivity index is 1.79. The molecule has 0 bridgehead atoms. The lowest BCUT2D eigenvalue weighted by Crippen LogP contribution is -2.41. The van der Waals surface area contributed by atoms with Crippen molar-refractivity contribution in [3.05, 3.63) is 35.8 Å². The number of amides is 3. The Labute approximate surface area is 120 Å². The van der Waals surface area contributed by atoms with Gasteiger partial charge in [-0.2, -0.15) is 5.10 Å². The van der Waals surface area contributed by atoms with Crippen LogP contribution in [0, 0.1) is 0 Å². The third kappa shape index (κ3) is 1.60. The Bertz CT molecular complexity index is 781. The van der Waals surface area contributed by atoms with E-state index < -0.39 is 11.6 Å². The zero-order valence-corrected chi connectivity index (χ0v) is 11.4. The van der Waals surface area contributed by atoms with E-state index in [4.69, 9.17) is 0 Å². The fourth-order valence-corrected chi connectivity index (χ4v) is 3.11. The molecule has 3 amide bonds. The van der Waals surface area contributed by atoms with Crippen molar-refractivity contribution in [1.29, 1.82) is 0 Å². The van der Waals surface area contributed by atoms with Crippen LogP contribution in [-0.4, -0.2) is 26.7 Å². The Morgan fingerprint density at radius 3 is 2.86 bits per heavy atom. The maximum atomic E-state index is 12.1. The van der Waals surface area contributed by atoms with Gasteiger partial charge in [0.15, 0.2) is 0 Å². The first-order chi connectivity index (χ1) is 10.1. The standard InChI is InChI=1S/C14H13N5O2/c1-19-7-9(5-16-19)11-4-8-2-3-14(10(8)6-15-11)12(20)17-13(21)18-14/h4-7H,2-3H2,1H3,(H2,17,18,20,21). The highest BCUT2D eigenvalue weighted by atomic mass is 16.2. The summed E-state index contributed by atoms with van der Waals surface area (Å²) in [4.78, 5) is 28.0. The van der Waals surface area contributed by atoms with Crippen LogP contribution in [0.1, 0.15) is 17.5 Å². The molecule has 4 rings (SSSR count). The lowest BCUT2D eigenvalue weighted by atomic mass is 9.93. The number of aryl methyl sites for hydroxylation is 2. The predicted octanol–water partition coefficient (Wildman–Crippen LogP) is 0.463. The second-order valence-corrected chi connectivity index (χ2v) is 5.44. The summed E-state index contributed by atoms with van der Waals surface area (Å²) in [6, 6.07) is 1.53. The molecule has 2 aromatic heterocycles. The number of rotatable bonds is 1. The molecule has 2 aromatic rings. The third-order valence-electron chi connectivity index (χ3n) is 4.16. The lowest BCUT2D eigenvalue weighted by Gasteiger charge is -2.20. The first kappa shape index (κ1) is 12.1. The molecule has 1 fully saturated rings. The monoisotopic (exact) mass is 283 g/mol. The summed E-state index contributed by atoms with van der Waals surface area (Å²) in [6.07, 6.45) is 6.64. The lowest BCUT2D eigenvalue weighted by molar-refractivity contribution is -0.124. The van der Waals surface area contributed by atoms with E-state index in [1.165, 1.54) is 0 Å². The van der Waals surface area contributed by atoms with Gasteiger partial charge in [0.25, 0.3) is 5.91 Å². The quantitative estimate of drug-likeness (QED) is 0.744. The molecule has 1 aliphatic carbocycles. The molecule has 0 saturated carbocycles. The molecule has 2 N–H and O–H groups in total. The molecule has 0 aromatic carbocycles. The Kier molecular flexibility index (Phi) is 2.25. The van der Waals surface area contributed by atoms with Crippen molar-refractivity contribution in [2.75, 3.05) is 0 Å². The number of urea groups is 1. The van der Waals surface area contributed by atoms with Gasteiger partial charge in [-0.25, -0.2) is 4.79 Å². The number of imide groups is 1. The molecule has 1 aliphatic heterocycles. The van der Waals surface area contributed by atoms with Crippen molar-refractivity contribution in [2.24, 2.45) is 7.05 Å². The van der Waals surface area contributed by atoms with Crippen molar-refractivity contribution in [3.63, 3.8) is 0 Å². The zero-order valence-electron chi connectivity index (χ0n) is 11.4. The highest BCUT2D eigenvalue weighted by Gasteiger charge is 2.51. The predicted molar refractivity (Wildman–Crippen MR) is 73.1 cm³/mol. The molecular weight excluding hydrogens is 270 g/mol. The Hall–Kier alpha value is -2.70. The highest BCUT2D eigenvalue weighted by molar-refractivity contribution is 6.08. The fourth-order valence-electron chi connectivity index (χ4n) is 3.11. The molecule has 2 aliphatic rings. The van der Waals surface area contributed by atoms with E-state index in [-0.39, 0.29) is 5.91 Å². The number of pyridine rings is 1. The molecule has 3 heterocycles. The molecule has 1 unspecified atom stereocenters. The summed E-state index contributed by atoms with van der Waals surface area (Å²) in [5.74, 6) is -0.290. The highest BCUT2D eigenvalue weighted by Crippen LogP contribution is 2.39. The van der Waals surface area contributed by atoms with Crippen molar-refractivity contribution in [1.82, 2.24) is 25.4 Å². The average molecular weight is 283 g/mol. The van der Waals surface area contributed by atoms with Gasteiger partial charge in [-0.1, -0.05) is 0 Å². The minimum atomic E-state index is -0.938. The van der Waals surface area contributed by atoms with E-state index in [9.17, 15) is 9.59 Å². The first-order valence-electron chi connectivity index (χ1n) is 6.70. The van der Waals surface area contributed by atoms with Gasteiger partial charge in [-0.3, -0.25) is 19.8 Å². The fraction of sp³-hybridized carbons (Fsp3) is 0.286. The number of nitrogens with zero attached hydrogens (tertiary/aromatic N) is 3. The van der Waals surface area contributed by atoms with Crippen LogP contribution >= 0.6 is 0 Å².